The van der Waals surface area contributed by atoms with E-state index in [2.05, 4.69) is 22.1 Å². The Labute approximate surface area is 103 Å². The molecule has 1 saturated heterocycles. The minimum Gasteiger partial charge on any atom is -0.383 e. The van der Waals surface area contributed by atoms with Crippen LogP contribution in [0.15, 0.2) is 12.7 Å². The monoisotopic (exact) mass is 241 g/mol. The number of hydrogen-bond acceptors (Lipinski definition) is 3. The van der Waals surface area contributed by atoms with E-state index in [9.17, 15) is 4.79 Å². The average molecular weight is 241 g/mol. The molecule has 0 spiro atoms. The summed E-state index contributed by atoms with van der Waals surface area (Å²) in [6.45, 7) is 8.71. The van der Waals surface area contributed by atoms with Gasteiger partial charge in [-0.15, -0.1) is 6.58 Å². The second kappa shape index (κ2) is 8.08. The lowest BCUT2D eigenvalue weighted by molar-refractivity contribution is 0.159. The van der Waals surface area contributed by atoms with Gasteiger partial charge in [-0.25, -0.2) is 4.79 Å². The number of urea groups is 1. The Morgan fingerprint density at radius 1 is 1.59 bits per heavy atom. The lowest BCUT2D eigenvalue weighted by Gasteiger charge is -2.15. The van der Waals surface area contributed by atoms with Crippen LogP contribution in [0.25, 0.3) is 0 Å². The largest absolute Gasteiger partial charge is 0.383 e. The van der Waals surface area contributed by atoms with Crippen LogP contribution in [0.4, 0.5) is 4.79 Å². The average Bonchev–Trinajstić information content (AvgIpc) is 2.79. The van der Waals surface area contributed by atoms with Crippen molar-refractivity contribution in [3.05, 3.63) is 12.7 Å². The fourth-order valence-corrected chi connectivity index (χ4v) is 1.97. The summed E-state index contributed by atoms with van der Waals surface area (Å²) in [7, 11) is 1.72. The lowest BCUT2D eigenvalue weighted by atomic mass is 10.1. The molecule has 1 heterocycles. The molecule has 0 bridgehead atoms. The number of carbonyl (C=O) groups excluding carboxylic acids is 1. The van der Waals surface area contributed by atoms with E-state index >= 15 is 0 Å². The van der Waals surface area contributed by atoms with Gasteiger partial charge in [-0.1, -0.05) is 6.08 Å². The van der Waals surface area contributed by atoms with Crippen LogP contribution in [0.1, 0.15) is 6.42 Å². The summed E-state index contributed by atoms with van der Waals surface area (Å²) in [6.07, 6.45) is 2.81. The van der Waals surface area contributed by atoms with E-state index in [0.717, 1.165) is 39.2 Å². The molecule has 2 amide bonds. The summed E-state index contributed by atoms with van der Waals surface area (Å²) in [6, 6.07) is -0.111. The van der Waals surface area contributed by atoms with E-state index < -0.39 is 0 Å². The van der Waals surface area contributed by atoms with Gasteiger partial charge in [-0.05, 0) is 18.9 Å². The Bertz CT molecular complexity index is 246. The first-order chi connectivity index (χ1) is 8.26. The van der Waals surface area contributed by atoms with Gasteiger partial charge < -0.3 is 20.3 Å². The van der Waals surface area contributed by atoms with E-state index in [1.165, 1.54) is 0 Å². The highest BCUT2D eigenvalue weighted by molar-refractivity contribution is 5.73. The SMILES string of the molecule is C=CCNC(=O)NCC1CCN(CCOC)C1. The first-order valence-corrected chi connectivity index (χ1v) is 6.10. The summed E-state index contributed by atoms with van der Waals surface area (Å²) in [5.74, 6) is 0.557. The number of nitrogens with zero attached hydrogens (tertiary/aromatic N) is 1. The van der Waals surface area contributed by atoms with E-state index in [4.69, 9.17) is 4.74 Å². The van der Waals surface area contributed by atoms with Crippen molar-refractivity contribution in [1.29, 1.82) is 0 Å². The third-order valence-corrected chi connectivity index (χ3v) is 2.94. The molecule has 0 saturated carbocycles. The molecule has 5 nitrogen and oxygen atoms in total. The lowest BCUT2D eigenvalue weighted by Crippen LogP contribution is -2.38. The van der Waals surface area contributed by atoms with Gasteiger partial charge in [0.05, 0.1) is 6.61 Å². The van der Waals surface area contributed by atoms with Gasteiger partial charge in [-0.3, -0.25) is 0 Å². The molecule has 98 valence electrons. The predicted molar refractivity (Wildman–Crippen MR) is 68.0 cm³/mol. The van der Waals surface area contributed by atoms with E-state index in [-0.39, 0.29) is 6.03 Å². The highest BCUT2D eigenvalue weighted by Crippen LogP contribution is 2.14. The molecule has 0 aromatic carbocycles. The number of rotatable bonds is 7. The van der Waals surface area contributed by atoms with Gasteiger partial charge >= 0.3 is 6.03 Å². The van der Waals surface area contributed by atoms with Crippen LogP contribution in [-0.2, 0) is 4.74 Å². The highest BCUT2D eigenvalue weighted by atomic mass is 16.5. The Hall–Kier alpha value is -1.07. The normalized spacial score (nSPS) is 20.2. The second-order valence-electron chi connectivity index (χ2n) is 4.33. The fraction of sp³-hybridized carbons (Fsp3) is 0.750. The summed E-state index contributed by atoms with van der Waals surface area (Å²) >= 11 is 0. The number of hydrogen-bond donors (Lipinski definition) is 2. The molecule has 0 radical (unpaired) electrons. The van der Waals surface area contributed by atoms with Crippen LogP contribution in [0.2, 0.25) is 0 Å². The van der Waals surface area contributed by atoms with Crippen molar-refractivity contribution in [2.45, 2.75) is 6.42 Å². The third kappa shape index (κ3) is 5.70. The van der Waals surface area contributed by atoms with E-state index in [1.54, 1.807) is 13.2 Å². The Morgan fingerprint density at radius 3 is 3.12 bits per heavy atom. The first kappa shape index (κ1) is 14.0. The number of nitrogens with one attached hydrogen (secondary N) is 2. The zero-order valence-electron chi connectivity index (χ0n) is 10.6. The van der Waals surface area contributed by atoms with Crippen LogP contribution in [0.3, 0.4) is 0 Å². The maximum Gasteiger partial charge on any atom is 0.315 e. The molecule has 5 heteroatoms. The van der Waals surface area contributed by atoms with Crippen LogP contribution in [0.5, 0.6) is 0 Å². The highest BCUT2D eigenvalue weighted by Gasteiger charge is 2.22. The van der Waals surface area contributed by atoms with Gasteiger partial charge in [0, 0.05) is 33.3 Å². The maximum absolute atomic E-state index is 11.3. The summed E-state index contributed by atoms with van der Waals surface area (Å²) in [5, 5.41) is 5.58. The Morgan fingerprint density at radius 2 is 2.41 bits per heavy atom. The molecule has 2 N–H and O–H groups in total. The van der Waals surface area contributed by atoms with Crippen molar-refractivity contribution in [3.8, 4) is 0 Å². The van der Waals surface area contributed by atoms with Crippen LogP contribution in [0, 0.1) is 5.92 Å². The number of ether oxygens (including phenoxy) is 1. The molecule has 0 aromatic rings. The number of amides is 2. The smallest absolute Gasteiger partial charge is 0.315 e. The Balaban J connectivity index is 2.08. The molecular weight excluding hydrogens is 218 g/mol. The van der Waals surface area contributed by atoms with E-state index in [1.807, 2.05) is 0 Å². The van der Waals surface area contributed by atoms with Gasteiger partial charge in [0.2, 0.25) is 0 Å². The predicted octanol–water partition coefficient (Wildman–Crippen LogP) is 0.440. The second-order valence-corrected chi connectivity index (χ2v) is 4.33. The van der Waals surface area contributed by atoms with Crippen molar-refractivity contribution < 1.29 is 9.53 Å². The summed E-state index contributed by atoms with van der Waals surface area (Å²) in [5.41, 5.74) is 0. The van der Waals surface area contributed by atoms with Crippen molar-refractivity contribution in [2.75, 3.05) is 46.4 Å². The molecule has 1 fully saturated rings. The van der Waals surface area contributed by atoms with Crippen molar-refractivity contribution >= 4 is 6.03 Å². The maximum atomic E-state index is 11.3. The van der Waals surface area contributed by atoms with Crippen molar-refractivity contribution in [3.63, 3.8) is 0 Å². The van der Waals surface area contributed by atoms with Gasteiger partial charge in [0.15, 0.2) is 0 Å². The zero-order valence-corrected chi connectivity index (χ0v) is 10.6. The minimum atomic E-state index is -0.111. The molecule has 1 aliphatic heterocycles. The first-order valence-electron chi connectivity index (χ1n) is 6.10. The summed E-state index contributed by atoms with van der Waals surface area (Å²) in [4.78, 5) is 13.7. The molecular formula is C12H23N3O2. The molecule has 1 aliphatic rings. The third-order valence-electron chi connectivity index (χ3n) is 2.94. The summed E-state index contributed by atoms with van der Waals surface area (Å²) < 4.78 is 5.05. The molecule has 0 aliphatic carbocycles. The van der Waals surface area contributed by atoms with Crippen LogP contribution in [-0.4, -0.2) is 57.4 Å². The van der Waals surface area contributed by atoms with Gasteiger partial charge in [0.25, 0.3) is 0 Å². The van der Waals surface area contributed by atoms with E-state index in [0.29, 0.717) is 12.5 Å². The zero-order chi connectivity index (χ0) is 12.5. The fourth-order valence-electron chi connectivity index (χ4n) is 1.97. The number of methoxy groups -OCH3 is 1. The molecule has 1 unspecified atom stereocenters. The van der Waals surface area contributed by atoms with Crippen LogP contribution >= 0.6 is 0 Å². The Kier molecular flexibility index (Phi) is 6.65. The van der Waals surface area contributed by atoms with Crippen molar-refractivity contribution in [2.24, 2.45) is 5.92 Å². The molecule has 1 atom stereocenters. The molecule has 0 aromatic heterocycles. The van der Waals surface area contributed by atoms with Gasteiger partial charge in [-0.2, -0.15) is 0 Å². The molecule has 17 heavy (non-hydrogen) atoms. The minimum absolute atomic E-state index is 0.111. The van der Waals surface area contributed by atoms with Crippen LogP contribution < -0.4 is 10.6 Å². The number of likely N-dealkylation sites (tertiary alicyclic amines) is 1. The topological polar surface area (TPSA) is 53.6 Å². The van der Waals surface area contributed by atoms with Crippen molar-refractivity contribution in [1.82, 2.24) is 15.5 Å². The quantitative estimate of drug-likeness (QED) is 0.636. The number of carbonyl (C=O) groups is 1. The standard InChI is InChI=1S/C12H23N3O2/c1-3-5-13-12(16)14-9-11-4-6-15(10-11)7-8-17-2/h3,11H,1,4-10H2,2H3,(H2,13,14,16). The van der Waals surface area contributed by atoms with Gasteiger partial charge in [0.1, 0.15) is 0 Å². The molecule has 1 rings (SSSR count).